The van der Waals surface area contributed by atoms with Crippen LogP contribution in [0.15, 0.2) is 24.3 Å². The first kappa shape index (κ1) is 26.5. The van der Waals surface area contributed by atoms with Crippen LogP contribution in [0.3, 0.4) is 0 Å². The lowest BCUT2D eigenvalue weighted by Gasteiger charge is -2.06. The molecule has 0 radical (unpaired) electrons. The molecule has 0 saturated carbocycles. The highest BCUT2D eigenvalue weighted by atomic mass is 35.5. The molecule has 1 rings (SSSR count). The highest BCUT2D eigenvalue weighted by Crippen LogP contribution is 2.12. The zero-order valence-corrected chi connectivity index (χ0v) is 19.4. The Morgan fingerprint density at radius 1 is 0.767 bits per heavy atom. The highest BCUT2D eigenvalue weighted by molar-refractivity contribution is 6.30. The number of carbonyl (C=O) groups is 2. The summed E-state index contributed by atoms with van der Waals surface area (Å²) in [5, 5.41) is 0.702. The molecule has 0 aliphatic heterocycles. The summed E-state index contributed by atoms with van der Waals surface area (Å²) in [7, 11) is 0. The smallest absolute Gasteiger partial charge is 0.305 e. The fraction of sp³-hybridized carbons (Fsp3) is 0.680. The third-order valence-corrected chi connectivity index (χ3v) is 5.30. The number of unbranched alkanes of at least 4 members (excludes halogenated alkanes) is 9. The van der Waals surface area contributed by atoms with E-state index in [1.165, 1.54) is 19.3 Å². The summed E-state index contributed by atoms with van der Waals surface area (Å²) in [6.07, 6.45) is 13.5. The van der Waals surface area contributed by atoms with Gasteiger partial charge in [-0.05, 0) is 37.0 Å². The quantitative estimate of drug-likeness (QED) is 0.182. The van der Waals surface area contributed by atoms with Gasteiger partial charge in [0.25, 0.3) is 0 Å². The van der Waals surface area contributed by atoms with Crippen molar-refractivity contribution in [1.29, 1.82) is 0 Å². The number of carbonyl (C=O) groups excluding carboxylic acids is 2. The van der Waals surface area contributed by atoms with Crippen molar-refractivity contribution in [2.24, 2.45) is 0 Å². The van der Waals surface area contributed by atoms with E-state index in [1.54, 1.807) is 0 Å². The Morgan fingerprint density at radius 2 is 1.33 bits per heavy atom. The normalized spacial score (nSPS) is 10.7. The van der Waals surface area contributed by atoms with Crippen LogP contribution in [0.4, 0.5) is 0 Å². The molecule has 0 N–H and O–H groups in total. The number of ether oxygens (including phenoxy) is 2. The van der Waals surface area contributed by atoms with Crippen molar-refractivity contribution in [2.45, 2.75) is 96.8 Å². The van der Waals surface area contributed by atoms with Gasteiger partial charge in [0.2, 0.25) is 0 Å². The molecule has 30 heavy (non-hydrogen) atoms. The maximum absolute atomic E-state index is 11.8. The molecule has 0 amide bonds. The number of esters is 2. The van der Waals surface area contributed by atoms with Crippen molar-refractivity contribution in [1.82, 2.24) is 0 Å². The molecular weight excluding hydrogens is 400 g/mol. The first-order valence-corrected chi connectivity index (χ1v) is 12.0. The van der Waals surface area contributed by atoms with Crippen molar-refractivity contribution < 1.29 is 19.1 Å². The minimum absolute atomic E-state index is 0.0639. The lowest BCUT2D eigenvalue weighted by molar-refractivity contribution is -0.144. The van der Waals surface area contributed by atoms with Crippen molar-refractivity contribution in [3.63, 3.8) is 0 Å². The van der Waals surface area contributed by atoms with Crippen molar-refractivity contribution in [3.8, 4) is 0 Å². The van der Waals surface area contributed by atoms with E-state index in [1.807, 2.05) is 24.3 Å². The SMILES string of the molecule is CCCCCCCOC(=O)CCCCCCCCC(=O)OCCc1cccc(Cl)c1. The fourth-order valence-electron chi connectivity index (χ4n) is 3.26. The summed E-state index contributed by atoms with van der Waals surface area (Å²) in [4.78, 5) is 23.4. The van der Waals surface area contributed by atoms with Crippen LogP contribution in [0.2, 0.25) is 5.02 Å². The monoisotopic (exact) mass is 438 g/mol. The molecule has 0 aromatic heterocycles. The molecule has 0 aliphatic carbocycles. The number of rotatable bonds is 18. The topological polar surface area (TPSA) is 52.6 Å². The van der Waals surface area contributed by atoms with Gasteiger partial charge in [0, 0.05) is 24.3 Å². The van der Waals surface area contributed by atoms with Crippen LogP contribution >= 0.6 is 11.6 Å². The van der Waals surface area contributed by atoms with E-state index in [9.17, 15) is 9.59 Å². The van der Waals surface area contributed by atoms with Gasteiger partial charge in [-0.2, -0.15) is 0 Å². The fourth-order valence-corrected chi connectivity index (χ4v) is 3.47. The maximum Gasteiger partial charge on any atom is 0.305 e. The standard InChI is InChI=1S/C25H39ClO4/c1-2-3-4-9-12-19-29-24(27)16-10-7-5-6-8-11-17-25(28)30-20-18-22-14-13-15-23(26)21-22/h13-15,21H,2-12,16-20H2,1H3. The van der Waals surface area contributed by atoms with Gasteiger partial charge in [0.15, 0.2) is 0 Å². The second-order valence-electron chi connectivity index (χ2n) is 7.86. The summed E-state index contributed by atoms with van der Waals surface area (Å²) >= 11 is 5.94. The van der Waals surface area contributed by atoms with Crippen LogP contribution in [0, 0.1) is 0 Å². The van der Waals surface area contributed by atoms with Gasteiger partial charge in [-0.1, -0.05) is 82.0 Å². The predicted octanol–water partition coefficient (Wildman–Crippen LogP) is 7.06. The molecule has 0 fully saturated rings. The Bertz CT molecular complexity index is 588. The van der Waals surface area contributed by atoms with Gasteiger partial charge in [0.05, 0.1) is 13.2 Å². The third-order valence-electron chi connectivity index (χ3n) is 5.07. The molecule has 0 unspecified atom stereocenters. The van der Waals surface area contributed by atoms with Crippen LogP contribution in [0.1, 0.15) is 96.0 Å². The van der Waals surface area contributed by atoms with Gasteiger partial charge in [-0.15, -0.1) is 0 Å². The molecule has 0 heterocycles. The molecule has 0 spiro atoms. The summed E-state index contributed by atoms with van der Waals surface area (Å²) in [6.45, 7) is 3.16. The van der Waals surface area contributed by atoms with Crippen molar-refractivity contribution in [2.75, 3.05) is 13.2 Å². The molecular formula is C25H39ClO4. The van der Waals surface area contributed by atoms with E-state index in [-0.39, 0.29) is 11.9 Å². The molecule has 0 atom stereocenters. The minimum Gasteiger partial charge on any atom is -0.466 e. The van der Waals surface area contributed by atoms with Crippen LogP contribution < -0.4 is 0 Å². The molecule has 0 bridgehead atoms. The average molecular weight is 439 g/mol. The Balaban J connectivity index is 1.86. The van der Waals surface area contributed by atoms with Gasteiger partial charge >= 0.3 is 11.9 Å². The Labute approximate surface area is 187 Å². The zero-order chi connectivity index (χ0) is 21.9. The first-order chi connectivity index (χ1) is 14.6. The molecule has 170 valence electrons. The molecule has 0 saturated heterocycles. The zero-order valence-electron chi connectivity index (χ0n) is 18.6. The van der Waals surface area contributed by atoms with Gasteiger partial charge in [0.1, 0.15) is 0 Å². The molecule has 0 aliphatic rings. The summed E-state index contributed by atoms with van der Waals surface area (Å²) in [6, 6.07) is 7.61. The van der Waals surface area contributed by atoms with Crippen molar-refractivity contribution >= 4 is 23.5 Å². The van der Waals surface area contributed by atoms with Gasteiger partial charge in [-0.3, -0.25) is 9.59 Å². The van der Waals surface area contributed by atoms with Crippen LogP contribution in [-0.4, -0.2) is 25.2 Å². The minimum atomic E-state index is -0.130. The van der Waals surface area contributed by atoms with E-state index in [4.69, 9.17) is 21.1 Å². The van der Waals surface area contributed by atoms with E-state index < -0.39 is 0 Å². The van der Waals surface area contributed by atoms with Crippen LogP contribution in [0.5, 0.6) is 0 Å². The molecule has 1 aromatic rings. The maximum atomic E-state index is 11.8. The second-order valence-corrected chi connectivity index (χ2v) is 8.29. The van der Waals surface area contributed by atoms with Gasteiger partial charge < -0.3 is 9.47 Å². The van der Waals surface area contributed by atoms with Crippen LogP contribution in [0.25, 0.3) is 0 Å². The first-order valence-electron chi connectivity index (χ1n) is 11.7. The lowest BCUT2D eigenvalue weighted by atomic mass is 10.1. The van der Waals surface area contributed by atoms with Crippen molar-refractivity contribution in [3.05, 3.63) is 34.9 Å². The summed E-state index contributed by atoms with van der Waals surface area (Å²) in [5.41, 5.74) is 1.08. The number of benzene rings is 1. The molecule has 1 aromatic carbocycles. The highest BCUT2D eigenvalue weighted by Gasteiger charge is 2.05. The second kappa shape index (κ2) is 18.2. The predicted molar refractivity (Wildman–Crippen MR) is 123 cm³/mol. The van der Waals surface area contributed by atoms with E-state index in [0.717, 1.165) is 56.9 Å². The van der Waals surface area contributed by atoms with E-state index >= 15 is 0 Å². The number of halogens is 1. The Morgan fingerprint density at radius 3 is 1.97 bits per heavy atom. The summed E-state index contributed by atoms with van der Waals surface area (Å²) < 4.78 is 10.5. The number of hydrogen-bond donors (Lipinski definition) is 0. The lowest BCUT2D eigenvalue weighted by Crippen LogP contribution is -2.07. The Hall–Kier alpha value is -1.55. The number of hydrogen-bond acceptors (Lipinski definition) is 4. The Kier molecular flexibility index (Phi) is 16.1. The van der Waals surface area contributed by atoms with Gasteiger partial charge in [-0.25, -0.2) is 0 Å². The van der Waals surface area contributed by atoms with E-state index in [2.05, 4.69) is 6.92 Å². The molecule has 5 heteroatoms. The summed E-state index contributed by atoms with van der Waals surface area (Å²) in [5.74, 6) is -0.194. The molecule has 4 nitrogen and oxygen atoms in total. The average Bonchev–Trinajstić information content (AvgIpc) is 2.72. The third kappa shape index (κ3) is 15.3. The van der Waals surface area contributed by atoms with Crippen LogP contribution in [-0.2, 0) is 25.5 Å². The largest absolute Gasteiger partial charge is 0.466 e. The van der Waals surface area contributed by atoms with E-state index in [0.29, 0.717) is 37.5 Å².